The van der Waals surface area contributed by atoms with Crippen molar-refractivity contribution in [3.8, 4) is 11.3 Å². The van der Waals surface area contributed by atoms with E-state index in [-0.39, 0.29) is 17.4 Å². The third-order valence-electron chi connectivity index (χ3n) is 6.44. The maximum Gasteiger partial charge on any atom is 0.325 e. The minimum absolute atomic E-state index is 0.140. The molecule has 1 amide bonds. The molecule has 0 saturated heterocycles. The molecule has 0 radical (unpaired) electrons. The van der Waals surface area contributed by atoms with E-state index in [1.165, 1.54) is 25.6 Å². The van der Waals surface area contributed by atoms with E-state index in [2.05, 4.69) is 11.9 Å². The number of aromatic amines is 1. The second-order valence-electron chi connectivity index (χ2n) is 8.88. The Morgan fingerprint density at radius 3 is 2.56 bits per heavy atom. The highest BCUT2D eigenvalue weighted by molar-refractivity contribution is 7.99. The van der Waals surface area contributed by atoms with Gasteiger partial charge in [-0.25, -0.2) is 4.90 Å². The van der Waals surface area contributed by atoms with Gasteiger partial charge in [-0.05, 0) is 29.3 Å². The lowest BCUT2D eigenvalue weighted by Crippen LogP contribution is -2.60. The van der Waals surface area contributed by atoms with Crippen molar-refractivity contribution in [1.29, 1.82) is 0 Å². The van der Waals surface area contributed by atoms with Crippen LogP contribution in [0.3, 0.4) is 0 Å². The molecule has 1 aliphatic rings. The Hall–Kier alpha value is -3.72. The highest BCUT2D eigenvalue weighted by Crippen LogP contribution is 2.39. The molecule has 3 heterocycles. The molecule has 4 aromatic rings. The summed E-state index contributed by atoms with van der Waals surface area (Å²) in [6.45, 7) is 5.16. The number of hydrogen-bond donors (Lipinski definition) is 1. The van der Waals surface area contributed by atoms with Crippen LogP contribution in [-0.4, -0.2) is 32.2 Å². The van der Waals surface area contributed by atoms with Crippen LogP contribution in [0.5, 0.6) is 0 Å². The fraction of sp³-hybridized carbons (Fsp3) is 0.296. The predicted molar refractivity (Wildman–Crippen MR) is 140 cm³/mol. The number of rotatable bonds is 6. The van der Waals surface area contributed by atoms with Gasteiger partial charge >= 0.3 is 11.3 Å². The quantitative estimate of drug-likeness (QED) is 0.238. The van der Waals surface area contributed by atoms with Crippen molar-refractivity contribution in [3.05, 3.63) is 70.6 Å². The molecule has 36 heavy (non-hydrogen) atoms. The molecule has 5 rings (SSSR count). The molecule has 1 N–H and O–H groups in total. The van der Waals surface area contributed by atoms with Crippen molar-refractivity contribution in [2.45, 2.75) is 51.4 Å². The average molecular weight is 503 g/mol. The fourth-order valence-corrected chi connectivity index (χ4v) is 5.70. The number of nitrogens with zero attached hydrogens (tertiary/aromatic N) is 4. The third kappa shape index (κ3) is 4.03. The number of anilines is 1. The lowest BCUT2D eigenvalue weighted by molar-refractivity contribution is -0.762. The van der Waals surface area contributed by atoms with Gasteiger partial charge in [-0.2, -0.15) is 0 Å². The Bertz CT molecular complexity index is 1540. The molecule has 0 aliphatic carbocycles. The van der Waals surface area contributed by atoms with Crippen molar-refractivity contribution >= 4 is 40.2 Å². The van der Waals surface area contributed by atoms with E-state index in [0.29, 0.717) is 22.1 Å². The number of carbonyl (C=O) groups is 2. The van der Waals surface area contributed by atoms with Gasteiger partial charge in [-0.1, -0.05) is 61.9 Å². The molecule has 2 aromatic heterocycles. The number of nitrogens with one attached hydrogen (secondary N) is 1. The number of fused-ring (bicyclic) bond motifs is 4. The molecule has 1 aliphatic heterocycles. The van der Waals surface area contributed by atoms with Crippen LogP contribution in [0, 0.1) is 0 Å². The van der Waals surface area contributed by atoms with E-state index in [9.17, 15) is 14.4 Å². The summed E-state index contributed by atoms with van der Waals surface area (Å²) in [5, 5.41) is 6.18. The van der Waals surface area contributed by atoms with E-state index in [1.54, 1.807) is 20.3 Å². The van der Waals surface area contributed by atoms with E-state index in [1.807, 2.05) is 48.5 Å². The van der Waals surface area contributed by atoms with Gasteiger partial charge < -0.3 is 0 Å². The molecule has 0 spiro atoms. The molecule has 1 atom stereocenters. The zero-order valence-corrected chi connectivity index (χ0v) is 21.3. The van der Waals surface area contributed by atoms with Crippen LogP contribution >= 0.6 is 11.8 Å². The molecule has 9 heteroatoms. The third-order valence-corrected chi connectivity index (χ3v) is 7.39. The van der Waals surface area contributed by atoms with Crippen LogP contribution < -0.4 is 15.1 Å². The van der Waals surface area contributed by atoms with Crippen molar-refractivity contribution in [3.63, 3.8) is 0 Å². The summed E-state index contributed by atoms with van der Waals surface area (Å²) in [6.07, 6.45) is 4.25. The number of unbranched alkanes of at least 4 members (excludes halogenated alkanes) is 2. The smallest absolute Gasteiger partial charge is 0.291 e. The second kappa shape index (κ2) is 9.73. The van der Waals surface area contributed by atoms with E-state index in [0.717, 1.165) is 41.5 Å². The van der Waals surface area contributed by atoms with Crippen LogP contribution in [0.25, 0.3) is 22.2 Å². The molecule has 0 bridgehead atoms. The van der Waals surface area contributed by atoms with Crippen LogP contribution in [-0.2, 0) is 4.79 Å². The standard InChI is InChI=1S/C27H27N5O3S/c1-4-5-10-15-36-27-28-25(35)24-20-12-7-9-14-23(20)31(18(3)34)26(32(24)29-27)21-16-30(17(2)33)22-13-8-6-11-19(21)22/h6-9,11-14,16,26H,4-5,10,15H2,1-3H3/p+1. The monoisotopic (exact) mass is 502 g/mol. The van der Waals surface area contributed by atoms with E-state index < -0.39 is 6.17 Å². The fourth-order valence-electron chi connectivity index (χ4n) is 4.85. The summed E-state index contributed by atoms with van der Waals surface area (Å²) < 4.78 is 3.23. The van der Waals surface area contributed by atoms with Crippen molar-refractivity contribution in [2.75, 3.05) is 10.7 Å². The molecule has 0 saturated carbocycles. The Morgan fingerprint density at radius 2 is 1.81 bits per heavy atom. The van der Waals surface area contributed by atoms with Crippen molar-refractivity contribution in [2.24, 2.45) is 0 Å². The summed E-state index contributed by atoms with van der Waals surface area (Å²) in [5.41, 5.74) is 2.84. The van der Waals surface area contributed by atoms with Gasteiger partial charge in [0, 0.05) is 36.3 Å². The van der Waals surface area contributed by atoms with Gasteiger partial charge in [0.2, 0.25) is 17.0 Å². The van der Waals surface area contributed by atoms with Crippen LogP contribution in [0.1, 0.15) is 56.6 Å². The first-order valence-corrected chi connectivity index (χ1v) is 13.1. The lowest BCUT2D eigenvalue weighted by Gasteiger charge is -2.31. The first-order valence-electron chi connectivity index (χ1n) is 12.1. The van der Waals surface area contributed by atoms with Crippen LogP contribution in [0.4, 0.5) is 5.69 Å². The second-order valence-corrected chi connectivity index (χ2v) is 9.96. The van der Waals surface area contributed by atoms with E-state index >= 15 is 0 Å². The Labute approximate surface area is 212 Å². The predicted octanol–water partition coefficient (Wildman–Crippen LogP) is 4.53. The zero-order chi connectivity index (χ0) is 25.4. The maximum absolute atomic E-state index is 13.5. The van der Waals surface area contributed by atoms with Gasteiger partial charge in [-0.15, -0.1) is 0 Å². The normalized spacial score (nSPS) is 14.5. The van der Waals surface area contributed by atoms with Gasteiger partial charge in [0.1, 0.15) is 0 Å². The number of carbonyl (C=O) groups excluding carboxylic acids is 2. The van der Waals surface area contributed by atoms with E-state index in [4.69, 9.17) is 5.10 Å². The summed E-state index contributed by atoms with van der Waals surface area (Å²) in [6, 6.07) is 14.9. The molecule has 184 valence electrons. The molecule has 2 aromatic carbocycles. The highest BCUT2D eigenvalue weighted by atomic mass is 32.2. The van der Waals surface area contributed by atoms with Gasteiger partial charge in [0.25, 0.3) is 6.17 Å². The minimum atomic E-state index is -0.741. The maximum atomic E-state index is 13.5. The number of aromatic nitrogens is 4. The number of thioether (sulfide) groups is 1. The number of H-pyrrole nitrogens is 1. The molecule has 8 nitrogen and oxygen atoms in total. The highest BCUT2D eigenvalue weighted by Gasteiger charge is 2.46. The molecule has 1 unspecified atom stereocenters. The first-order chi connectivity index (χ1) is 17.4. The van der Waals surface area contributed by atoms with Gasteiger partial charge in [0.05, 0.1) is 22.3 Å². The number of para-hydroxylation sites is 2. The first kappa shape index (κ1) is 24.0. The summed E-state index contributed by atoms with van der Waals surface area (Å²) in [4.78, 5) is 43.7. The SMILES string of the molecule is CCCCCSc1n[n+]2c(c(=O)[nH]1)-c1ccccc1N(C(C)=O)C2c1cn(C(C)=O)c2ccccc12. The summed E-state index contributed by atoms with van der Waals surface area (Å²) in [5.74, 6) is 0.501. The zero-order valence-electron chi connectivity index (χ0n) is 20.5. The van der Waals surface area contributed by atoms with Crippen molar-refractivity contribution in [1.82, 2.24) is 14.6 Å². The Balaban J connectivity index is 1.78. The number of hydrogen-bond acceptors (Lipinski definition) is 5. The van der Waals surface area contributed by atoms with Gasteiger partial charge in [0.15, 0.2) is 0 Å². The topological polar surface area (TPSA) is 91.9 Å². The summed E-state index contributed by atoms with van der Waals surface area (Å²) in [7, 11) is 0. The molecule has 0 fully saturated rings. The van der Waals surface area contributed by atoms with Crippen molar-refractivity contribution < 1.29 is 14.3 Å². The number of amides is 1. The van der Waals surface area contributed by atoms with Crippen LogP contribution in [0.15, 0.2) is 64.7 Å². The Morgan fingerprint density at radius 1 is 1.06 bits per heavy atom. The summed E-state index contributed by atoms with van der Waals surface area (Å²) >= 11 is 1.50. The minimum Gasteiger partial charge on any atom is -0.291 e. The van der Waals surface area contributed by atoms with Gasteiger partial charge in [-0.3, -0.25) is 23.9 Å². The number of benzene rings is 2. The average Bonchev–Trinajstić information content (AvgIpc) is 3.25. The Kier molecular flexibility index (Phi) is 6.49. The van der Waals surface area contributed by atoms with Crippen LogP contribution in [0.2, 0.25) is 0 Å². The largest absolute Gasteiger partial charge is 0.325 e. The lowest BCUT2D eigenvalue weighted by atomic mass is 10.0. The molecular weight excluding hydrogens is 474 g/mol. The molecular formula is C27H28N5O3S+.